The van der Waals surface area contributed by atoms with Crippen LogP contribution in [-0.4, -0.2) is 18.3 Å². The van der Waals surface area contributed by atoms with Crippen molar-refractivity contribution in [2.75, 3.05) is 13.2 Å². The first-order valence-corrected chi connectivity index (χ1v) is 6.29. The lowest BCUT2D eigenvalue weighted by Gasteiger charge is -2.28. The summed E-state index contributed by atoms with van der Waals surface area (Å²) in [5.74, 6) is 0.701. The quantitative estimate of drug-likeness (QED) is 0.880. The van der Waals surface area contributed by atoms with Crippen LogP contribution in [0.4, 0.5) is 0 Å². The summed E-state index contributed by atoms with van der Waals surface area (Å²) in [7, 11) is 0. The van der Waals surface area contributed by atoms with Gasteiger partial charge in [-0.15, -0.1) is 12.4 Å². The highest BCUT2D eigenvalue weighted by molar-refractivity contribution is 9.10. The number of ether oxygens (including phenoxy) is 1. The molecule has 0 unspecified atom stereocenters. The fraction of sp³-hybridized carbons (Fsp3) is 0.500. The van der Waals surface area contributed by atoms with E-state index in [4.69, 9.17) is 10.5 Å². The number of hydrogen-bond acceptors (Lipinski definition) is 3. The number of rotatable bonds is 2. The van der Waals surface area contributed by atoms with Gasteiger partial charge in [0.15, 0.2) is 0 Å². The number of benzene rings is 1. The molecule has 3 nitrogen and oxygen atoms in total. The number of nitrogens with two attached hydrogens (primary N) is 1. The molecule has 0 aliphatic carbocycles. The SMILES string of the molecule is Cl.N[C@@H](c1cc(O)ccc1Br)C1CCOCC1. The zero-order valence-electron chi connectivity index (χ0n) is 9.43. The molecule has 1 aromatic carbocycles. The van der Waals surface area contributed by atoms with E-state index in [-0.39, 0.29) is 24.2 Å². The summed E-state index contributed by atoms with van der Waals surface area (Å²) in [5, 5.41) is 9.48. The Hall–Kier alpha value is -0.290. The normalized spacial score (nSPS) is 18.5. The van der Waals surface area contributed by atoms with E-state index in [1.807, 2.05) is 6.07 Å². The van der Waals surface area contributed by atoms with Crippen LogP contribution in [0.15, 0.2) is 22.7 Å². The molecule has 1 atom stereocenters. The smallest absolute Gasteiger partial charge is 0.115 e. The number of hydrogen-bond donors (Lipinski definition) is 2. The molecule has 3 N–H and O–H groups in total. The molecule has 0 bridgehead atoms. The van der Waals surface area contributed by atoms with Crippen LogP contribution in [0.1, 0.15) is 24.4 Å². The number of aromatic hydroxyl groups is 1. The largest absolute Gasteiger partial charge is 0.508 e. The van der Waals surface area contributed by atoms with Gasteiger partial charge in [-0.1, -0.05) is 15.9 Å². The summed E-state index contributed by atoms with van der Waals surface area (Å²) in [6.45, 7) is 1.57. The Morgan fingerprint density at radius 2 is 2.00 bits per heavy atom. The lowest BCUT2D eigenvalue weighted by Crippen LogP contribution is -2.27. The average Bonchev–Trinajstić information content (AvgIpc) is 2.32. The molecule has 5 heteroatoms. The Balaban J connectivity index is 0.00000144. The Labute approximate surface area is 116 Å². The third-order valence-corrected chi connectivity index (χ3v) is 3.83. The van der Waals surface area contributed by atoms with Crippen LogP contribution in [0.3, 0.4) is 0 Å². The zero-order valence-corrected chi connectivity index (χ0v) is 11.8. The highest BCUT2D eigenvalue weighted by Gasteiger charge is 2.23. The third kappa shape index (κ3) is 3.58. The molecule has 96 valence electrons. The van der Waals surface area contributed by atoms with Crippen LogP contribution < -0.4 is 5.73 Å². The summed E-state index contributed by atoms with van der Waals surface area (Å²) in [6, 6.07) is 5.20. The van der Waals surface area contributed by atoms with Gasteiger partial charge in [0.2, 0.25) is 0 Å². The second kappa shape index (κ2) is 6.59. The topological polar surface area (TPSA) is 55.5 Å². The van der Waals surface area contributed by atoms with Crippen LogP contribution in [0, 0.1) is 5.92 Å². The Morgan fingerprint density at radius 3 is 2.65 bits per heavy atom. The van der Waals surface area contributed by atoms with Crippen molar-refractivity contribution in [2.45, 2.75) is 18.9 Å². The van der Waals surface area contributed by atoms with Crippen molar-refractivity contribution in [1.29, 1.82) is 0 Å². The first-order valence-electron chi connectivity index (χ1n) is 5.50. The standard InChI is InChI=1S/C12H16BrNO2.ClH/c13-11-2-1-9(15)7-10(11)12(14)8-3-5-16-6-4-8;/h1-2,7-8,12,15H,3-6,14H2;1H/t12-;/m1./s1. The lowest BCUT2D eigenvalue weighted by molar-refractivity contribution is 0.0583. The van der Waals surface area contributed by atoms with Crippen molar-refractivity contribution in [3.63, 3.8) is 0 Å². The van der Waals surface area contributed by atoms with Crippen molar-refractivity contribution in [3.8, 4) is 5.75 Å². The van der Waals surface area contributed by atoms with Gasteiger partial charge < -0.3 is 15.6 Å². The van der Waals surface area contributed by atoms with E-state index in [9.17, 15) is 5.11 Å². The molecular formula is C12H17BrClNO2. The molecule has 0 spiro atoms. The monoisotopic (exact) mass is 321 g/mol. The molecule has 1 aliphatic rings. The molecule has 1 heterocycles. The molecule has 1 aromatic rings. The Kier molecular flexibility index (Phi) is 5.73. The minimum Gasteiger partial charge on any atom is -0.508 e. The first kappa shape index (κ1) is 14.8. The van der Waals surface area contributed by atoms with Crippen LogP contribution in [0.25, 0.3) is 0 Å². The van der Waals surface area contributed by atoms with E-state index in [1.54, 1.807) is 12.1 Å². The van der Waals surface area contributed by atoms with E-state index in [0.717, 1.165) is 36.1 Å². The minimum absolute atomic E-state index is 0. The molecule has 1 aliphatic heterocycles. The van der Waals surface area contributed by atoms with Crippen LogP contribution in [0.2, 0.25) is 0 Å². The third-order valence-electron chi connectivity index (χ3n) is 3.11. The highest BCUT2D eigenvalue weighted by atomic mass is 79.9. The van der Waals surface area contributed by atoms with Crippen LogP contribution in [-0.2, 0) is 4.74 Å². The predicted molar refractivity (Wildman–Crippen MR) is 73.5 cm³/mol. The van der Waals surface area contributed by atoms with Crippen molar-refractivity contribution in [2.24, 2.45) is 11.7 Å². The summed E-state index contributed by atoms with van der Waals surface area (Å²) < 4.78 is 6.29. The van der Waals surface area contributed by atoms with E-state index in [2.05, 4.69) is 15.9 Å². The van der Waals surface area contributed by atoms with Gasteiger partial charge in [-0.05, 0) is 42.5 Å². The second-order valence-electron chi connectivity index (χ2n) is 4.18. The van der Waals surface area contributed by atoms with Crippen LogP contribution >= 0.6 is 28.3 Å². The molecule has 0 amide bonds. The van der Waals surface area contributed by atoms with Crippen molar-refractivity contribution in [1.82, 2.24) is 0 Å². The lowest BCUT2D eigenvalue weighted by atomic mass is 9.88. The van der Waals surface area contributed by atoms with Gasteiger partial charge >= 0.3 is 0 Å². The van der Waals surface area contributed by atoms with Crippen molar-refractivity contribution >= 4 is 28.3 Å². The van der Waals surface area contributed by atoms with Gasteiger partial charge in [-0.3, -0.25) is 0 Å². The van der Waals surface area contributed by atoms with E-state index >= 15 is 0 Å². The van der Waals surface area contributed by atoms with E-state index in [1.165, 1.54) is 0 Å². The van der Waals surface area contributed by atoms with Gasteiger partial charge in [-0.2, -0.15) is 0 Å². The predicted octanol–water partition coefficient (Wildman–Crippen LogP) is 3.00. The summed E-state index contributed by atoms with van der Waals surface area (Å²) >= 11 is 3.48. The summed E-state index contributed by atoms with van der Waals surface area (Å²) in [4.78, 5) is 0. The summed E-state index contributed by atoms with van der Waals surface area (Å²) in [6.07, 6.45) is 1.98. The fourth-order valence-corrected chi connectivity index (χ4v) is 2.63. The van der Waals surface area contributed by atoms with Gasteiger partial charge in [0, 0.05) is 23.7 Å². The molecule has 0 radical (unpaired) electrons. The molecule has 17 heavy (non-hydrogen) atoms. The number of phenols is 1. The van der Waals surface area contributed by atoms with Crippen molar-refractivity contribution < 1.29 is 9.84 Å². The maximum atomic E-state index is 9.48. The maximum absolute atomic E-state index is 9.48. The molecule has 2 rings (SSSR count). The number of phenolic OH excluding ortho intramolecular Hbond substituents is 1. The second-order valence-corrected chi connectivity index (χ2v) is 5.04. The first-order chi connectivity index (χ1) is 7.68. The van der Waals surface area contributed by atoms with Gasteiger partial charge in [0.1, 0.15) is 5.75 Å². The van der Waals surface area contributed by atoms with Gasteiger partial charge in [-0.25, -0.2) is 0 Å². The molecule has 0 saturated carbocycles. The zero-order chi connectivity index (χ0) is 11.5. The maximum Gasteiger partial charge on any atom is 0.115 e. The molecule has 0 aromatic heterocycles. The van der Waals surface area contributed by atoms with E-state index in [0.29, 0.717) is 5.92 Å². The highest BCUT2D eigenvalue weighted by Crippen LogP contribution is 2.33. The fourth-order valence-electron chi connectivity index (χ4n) is 2.12. The van der Waals surface area contributed by atoms with E-state index < -0.39 is 0 Å². The Bertz CT molecular complexity index is 370. The minimum atomic E-state index is -0.0367. The molecule has 1 fully saturated rings. The number of halogens is 2. The molecule has 1 saturated heterocycles. The van der Waals surface area contributed by atoms with Crippen molar-refractivity contribution in [3.05, 3.63) is 28.2 Å². The Morgan fingerprint density at radius 1 is 1.35 bits per heavy atom. The average molecular weight is 323 g/mol. The van der Waals surface area contributed by atoms with Gasteiger partial charge in [0.05, 0.1) is 0 Å². The van der Waals surface area contributed by atoms with Crippen LogP contribution in [0.5, 0.6) is 5.75 Å². The molecular weight excluding hydrogens is 305 g/mol. The summed E-state index contributed by atoms with van der Waals surface area (Å²) in [5.41, 5.74) is 7.22. The van der Waals surface area contributed by atoms with Gasteiger partial charge in [0.25, 0.3) is 0 Å².